The molecule has 1 atom stereocenters. The lowest BCUT2D eigenvalue weighted by Crippen LogP contribution is -2.39. The molecule has 112 valence electrons. The standard InChI is InChI=1S/C17H28N2S/c1-3-11-19(14-16-5-4-10-18-16)12-13-20-17-8-6-15(2)7-9-17/h6-9,16,18H,3-5,10-14H2,1-2H3. The van der Waals surface area contributed by atoms with Crippen molar-refractivity contribution in [2.75, 3.05) is 31.9 Å². The summed E-state index contributed by atoms with van der Waals surface area (Å²) in [5.74, 6) is 1.19. The van der Waals surface area contributed by atoms with Gasteiger partial charge in [-0.25, -0.2) is 0 Å². The van der Waals surface area contributed by atoms with E-state index in [1.165, 1.54) is 61.7 Å². The number of hydrogen-bond acceptors (Lipinski definition) is 3. The molecule has 2 nitrogen and oxygen atoms in total. The van der Waals surface area contributed by atoms with Gasteiger partial charge < -0.3 is 10.2 Å². The Bertz CT molecular complexity index is 371. The van der Waals surface area contributed by atoms with Crippen LogP contribution < -0.4 is 5.32 Å². The summed E-state index contributed by atoms with van der Waals surface area (Å²) in [4.78, 5) is 4.02. The first-order chi connectivity index (χ1) is 9.78. The van der Waals surface area contributed by atoms with Gasteiger partial charge in [0.05, 0.1) is 0 Å². The Balaban J connectivity index is 1.72. The summed E-state index contributed by atoms with van der Waals surface area (Å²) >= 11 is 1.98. The lowest BCUT2D eigenvalue weighted by atomic mass is 10.2. The number of benzene rings is 1. The molecule has 20 heavy (non-hydrogen) atoms. The van der Waals surface area contributed by atoms with Gasteiger partial charge in [0.25, 0.3) is 0 Å². The highest BCUT2D eigenvalue weighted by molar-refractivity contribution is 7.99. The van der Waals surface area contributed by atoms with Crippen molar-refractivity contribution in [1.82, 2.24) is 10.2 Å². The first-order valence-corrected chi connectivity index (χ1v) is 8.91. The molecule has 0 aliphatic carbocycles. The molecular weight excluding hydrogens is 264 g/mol. The smallest absolute Gasteiger partial charge is 0.0195 e. The van der Waals surface area contributed by atoms with E-state index < -0.39 is 0 Å². The summed E-state index contributed by atoms with van der Waals surface area (Å²) < 4.78 is 0. The highest BCUT2D eigenvalue weighted by Crippen LogP contribution is 2.18. The lowest BCUT2D eigenvalue weighted by molar-refractivity contribution is 0.264. The van der Waals surface area contributed by atoms with Crippen LogP contribution in [0.5, 0.6) is 0 Å². The van der Waals surface area contributed by atoms with Crippen molar-refractivity contribution < 1.29 is 0 Å². The van der Waals surface area contributed by atoms with Crippen LogP contribution in [-0.2, 0) is 0 Å². The minimum atomic E-state index is 0.728. The van der Waals surface area contributed by atoms with Crippen LogP contribution in [-0.4, -0.2) is 42.9 Å². The molecule has 1 unspecified atom stereocenters. The van der Waals surface area contributed by atoms with Crippen molar-refractivity contribution >= 4 is 11.8 Å². The monoisotopic (exact) mass is 292 g/mol. The topological polar surface area (TPSA) is 15.3 Å². The van der Waals surface area contributed by atoms with Gasteiger partial charge in [-0.15, -0.1) is 11.8 Å². The van der Waals surface area contributed by atoms with E-state index in [-0.39, 0.29) is 0 Å². The largest absolute Gasteiger partial charge is 0.313 e. The minimum absolute atomic E-state index is 0.728. The molecule has 0 spiro atoms. The number of nitrogens with zero attached hydrogens (tertiary/aromatic N) is 1. The minimum Gasteiger partial charge on any atom is -0.313 e. The van der Waals surface area contributed by atoms with Gasteiger partial charge in [0.15, 0.2) is 0 Å². The zero-order valence-electron chi connectivity index (χ0n) is 12.9. The molecular formula is C17H28N2S. The van der Waals surface area contributed by atoms with Crippen LogP contribution in [0.1, 0.15) is 31.7 Å². The van der Waals surface area contributed by atoms with Crippen molar-refractivity contribution in [3.05, 3.63) is 29.8 Å². The molecule has 1 aromatic carbocycles. The number of thioether (sulfide) groups is 1. The van der Waals surface area contributed by atoms with Crippen LogP contribution in [0.3, 0.4) is 0 Å². The third kappa shape index (κ3) is 5.47. The van der Waals surface area contributed by atoms with E-state index >= 15 is 0 Å². The fraction of sp³-hybridized carbons (Fsp3) is 0.647. The molecule has 1 heterocycles. The Morgan fingerprint density at radius 2 is 2.05 bits per heavy atom. The quantitative estimate of drug-likeness (QED) is 0.738. The molecule has 0 aromatic heterocycles. The van der Waals surface area contributed by atoms with Gasteiger partial charge in [0.1, 0.15) is 0 Å². The Labute approximate surface area is 128 Å². The van der Waals surface area contributed by atoms with E-state index in [0.29, 0.717) is 0 Å². The van der Waals surface area contributed by atoms with Gasteiger partial charge in [-0.2, -0.15) is 0 Å². The Morgan fingerprint density at radius 1 is 1.25 bits per heavy atom. The molecule has 0 bridgehead atoms. The predicted octanol–water partition coefficient (Wildman–Crippen LogP) is 3.55. The third-order valence-corrected chi connectivity index (χ3v) is 4.87. The number of nitrogens with one attached hydrogen (secondary N) is 1. The summed E-state index contributed by atoms with van der Waals surface area (Å²) in [6.07, 6.45) is 3.95. The molecule has 0 saturated carbocycles. The lowest BCUT2D eigenvalue weighted by Gasteiger charge is -2.25. The maximum absolute atomic E-state index is 3.61. The van der Waals surface area contributed by atoms with Crippen LogP contribution in [0.2, 0.25) is 0 Å². The maximum Gasteiger partial charge on any atom is 0.0195 e. The second kappa shape index (κ2) is 8.71. The molecule has 1 N–H and O–H groups in total. The predicted molar refractivity (Wildman–Crippen MR) is 89.7 cm³/mol. The molecule has 3 heteroatoms. The van der Waals surface area contributed by atoms with Crippen LogP contribution in [0, 0.1) is 6.92 Å². The highest BCUT2D eigenvalue weighted by Gasteiger charge is 2.17. The summed E-state index contributed by atoms with van der Waals surface area (Å²) in [5, 5.41) is 3.61. The first kappa shape index (κ1) is 15.9. The highest BCUT2D eigenvalue weighted by atomic mass is 32.2. The number of rotatable bonds is 8. The van der Waals surface area contributed by atoms with Crippen LogP contribution >= 0.6 is 11.8 Å². The Hall–Kier alpha value is -0.510. The van der Waals surface area contributed by atoms with E-state index in [2.05, 4.69) is 48.3 Å². The molecule has 1 aliphatic heterocycles. The van der Waals surface area contributed by atoms with Crippen molar-refractivity contribution in [3.63, 3.8) is 0 Å². The summed E-state index contributed by atoms with van der Waals surface area (Å²) in [5.41, 5.74) is 1.34. The van der Waals surface area contributed by atoms with Crippen molar-refractivity contribution in [2.24, 2.45) is 0 Å². The van der Waals surface area contributed by atoms with Gasteiger partial charge in [-0.05, 0) is 51.4 Å². The van der Waals surface area contributed by atoms with E-state index in [9.17, 15) is 0 Å². The molecule has 0 radical (unpaired) electrons. The summed E-state index contributed by atoms with van der Waals surface area (Å²) in [6.45, 7) is 9.29. The fourth-order valence-corrected chi connectivity index (χ4v) is 3.68. The molecule has 1 saturated heterocycles. The number of hydrogen-bond donors (Lipinski definition) is 1. The van der Waals surface area contributed by atoms with E-state index in [1.807, 2.05) is 11.8 Å². The van der Waals surface area contributed by atoms with E-state index in [1.54, 1.807) is 0 Å². The number of aryl methyl sites for hydroxylation is 1. The maximum atomic E-state index is 3.61. The van der Waals surface area contributed by atoms with Gasteiger partial charge in [0, 0.05) is 29.8 Å². The summed E-state index contributed by atoms with van der Waals surface area (Å²) in [6, 6.07) is 9.61. The van der Waals surface area contributed by atoms with E-state index in [0.717, 1.165) is 6.04 Å². The molecule has 1 aliphatic rings. The average Bonchev–Trinajstić information content (AvgIpc) is 2.94. The van der Waals surface area contributed by atoms with Crippen molar-refractivity contribution in [1.29, 1.82) is 0 Å². The van der Waals surface area contributed by atoms with Crippen LogP contribution in [0.15, 0.2) is 29.2 Å². The second-order valence-corrected chi connectivity index (χ2v) is 6.92. The van der Waals surface area contributed by atoms with Gasteiger partial charge >= 0.3 is 0 Å². The zero-order valence-corrected chi connectivity index (χ0v) is 13.7. The molecule has 1 aromatic rings. The fourth-order valence-electron chi connectivity index (χ4n) is 2.76. The van der Waals surface area contributed by atoms with Crippen LogP contribution in [0.25, 0.3) is 0 Å². The zero-order chi connectivity index (χ0) is 14.2. The Kier molecular flexibility index (Phi) is 6.91. The summed E-state index contributed by atoms with van der Waals surface area (Å²) in [7, 11) is 0. The molecule has 2 rings (SSSR count). The normalized spacial score (nSPS) is 18.9. The van der Waals surface area contributed by atoms with Crippen molar-refractivity contribution in [2.45, 2.75) is 44.0 Å². The van der Waals surface area contributed by atoms with Gasteiger partial charge in [-0.1, -0.05) is 24.6 Å². The average molecular weight is 292 g/mol. The van der Waals surface area contributed by atoms with Gasteiger partial charge in [-0.3, -0.25) is 0 Å². The third-order valence-electron chi connectivity index (χ3n) is 3.88. The SMILES string of the molecule is CCCN(CCSc1ccc(C)cc1)CC1CCCN1. The molecule has 1 fully saturated rings. The first-order valence-electron chi connectivity index (χ1n) is 7.93. The van der Waals surface area contributed by atoms with Crippen molar-refractivity contribution in [3.8, 4) is 0 Å². The second-order valence-electron chi connectivity index (χ2n) is 5.76. The molecule has 0 amide bonds. The Morgan fingerprint density at radius 3 is 2.70 bits per heavy atom. The van der Waals surface area contributed by atoms with E-state index in [4.69, 9.17) is 0 Å². The van der Waals surface area contributed by atoms with Crippen LogP contribution in [0.4, 0.5) is 0 Å². The van der Waals surface area contributed by atoms with Gasteiger partial charge in [0.2, 0.25) is 0 Å².